The molecule has 0 unspecified atom stereocenters. The Balaban J connectivity index is 2.20. The zero-order valence-electron chi connectivity index (χ0n) is 9.90. The van der Waals surface area contributed by atoms with E-state index in [1.54, 1.807) is 24.3 Å². The number of nitriles is 1. The fourth-order valence-corrected chi connectivity index (χ4v) is 1.51. The molecule has 0 aliphatic rings. The first-order valence-corrected chi connectivity index (χ1v) is 5.44. The molecule has 84 valence electrons. The van der Waals surface area contributed by atoms with Crippen LogP contribution in [0.25, 0.3) is 0 Å². The molecule has 2 aromatic rings. The van der Waals surface area contributed by atoms with Crippen LogP contribution in [-0.2, 0) is 0 Å². The van der Waals surface area contributed by atoms with Gasteiger partial charge in [0.25, 0.3) is 0 Å². The van der Waals surface area contributed by atoms with Gasteiger partial charge in [0.05, 0.1) is 11.6 Å². The van der Waals surface area contributed by atoms with Gasteiger partial charge in [0.2, 0.25) is 0 Å². The second-order valence-electron chi connectivity index (χ2n) is 3.98. The lowest BCUT2D eigenvalue weighted by Crippen LogP contribution is -1.87. The number of rotatable bonds is 2. The largest absolute Gasteiger partial charge is 0.457 e. The Morgan fingerprint density at radius 2 is 1.53 bits per heavy atom. The minimum Gasteiger partial charge on any atom is -0.457 e. The maximum absolute atomic E-state index is 8.69. The molecule has 2 rings (SSSR count). The predicted octanol–water partition coefficient (Wildman–Crippen LogP) is 3.97. The van der Waals surface area contributed by atoms with E-state index in [9.17, 15) is 0 Å². The van der Waals surface area contributed by atoms with Crippen LogP contribution in [0.5, 0.6) is 11.5 Å². The highest BCUT2D eigenvalue weighted by molar-refractivity contribution is 5.39. The molecule has 0 radical (unpaired) electrons. The summed E-state index contributed by atoms with van der Waals surface area (Å²) in [6.07, 6.45) is 0. The van der Waals surface area contributed by atoms with Crippen LogP contribution in [0.2, 0.25) is 0 Å². The summed E-state index contributed by atoms with van der Waals surface area (Å²) in [5.41, 5.74) is 3.09. The van der Waals surface area contributed by atoms with Crippen molar-refractivity contribution in [1.29, 1.82) is 5.26 Å². The smallest absolute Gasteiger partial charge is 0.127 e. The van der Waals surface area contributed by atoms with Crippen molar-refractivity contribution in [3.8, 4) is 17.6 Å². The molecule has 0 aliphatic carbocycles. The van der Waals surface area contributed by atoms with Crippen molar-refractivity contribution in [3.05, 3.63) is 59.2 Å². The first kappa shape index (κ1) is 11.2. The summed E-state index contributed by atoms with van der Waals surface area (Å²) in [5.74, 6) is 1.56. The van der Waals surface area contributed by atoms with Crippen LogP contribution in [0.1, 0.15) is 16.7 Å². The molecule has 0 N–H and O–H groups in total. The molecule has 0 amide bonds. The van der Waals surface area contributed by atoms with Crippen molar-refractivity contribution in [2.75, 3.05) is 0 Å². The van der Waals surface area contributed by atoms with Gasteiger partial charge in [0.15, 0.2) is 0 Å². The van der Waals surface area contributed by atoms with Crippen molar-refractivity contribution in [1.82, 2.24) is 0 Å². The van der Waals surface area contributed by atoms with Gasteiger partial charge >= 0.3 is 0 Å². The first-order valence-electron chi connectivity index (χ1n) is 5.44. The Labute approximate surface area is 101 Å². The summed E-state index contributed by atoms with van der Waals surface area (Å²) in [5, 5.41) is 8.69. The van der Waals surface area contributed by atoms with E-state index in [1.807, 2.05) is 18.2 Å². The number of ether oxygens (including phenoxy) is 1. The number of hydrogen-bond donors (Lipinski definition) is 0. The molecule has 0 bridgehead atoms. The minimum absolute atomic E-state index is 0.637. The Bertz CT molecular complexity index is 564. The van der Waals surface area contributed by atoms with Crippen molar-refractivity contribution in [2.24, 2.45) is 0 Å². The first-order chi connectivity index (χ1) is 8.19. The quantitative estimate of drug-likeness (QED) is 0.771. The number of nitrogens with zero attached hydrogens (tertiary/aromatic N) is 1. The van der Waals surface area contributed by atoms with Crippen LogP contribution in [0, 0.1) is 25.2 Å². The van der Waals surface area contributed by atoms with Gasteiger partial charge in [-0.3, -0.25) is 0 Å². The molecule has 0 spiro atoms. The van der Waals surface area contributed by atoms with Crippen LogP contribution < -0.4 is 4.74 Å². The standard InChI is InChI=1S/C15H13NO/c1-11-3-6-15(9-12(11)2)17-14-7-4-13(10-16)5-8-14/h3-9H,1-2H3. The SMILES string of the molecule is Cc1ccc(Oc2ccc(C#N)cc2)cc1C. The van der Waals surface area contributed by atoms with E-state index < -0.39 is 0 Å². The molecular formula is C15H13NO. The van der Waals surface area contributed by atoms with Crippen molar-refractivity contribution < 1.29 is 4.74 Å². The fraction of sp³-hybridized carbons (Fsp3) is 0.133. The predicted molar refractivity (Wildman–Crippen MR) is 67.1 cm³/mol. The Kier molecular flexibility index (Phi) is 3.11. The van der Waals surface area contributed by atoms with E-state index in [-0.39, 0.29) is 0 Å². The molecule has 0 atom stereocenters. The van der Waals surface area contributed by atoms with Gasteiger partial charge < -0.3 is 4.74 Å². The number of aryl methyl sites for hydroxylation is 2. The van der Waals surface area contributed by atoms with Gasteiger partial charge in [-0.2, -0.15) is 5.26 Å². The van der Waals surface area contributed by atoms with Gasteiger partial charge in [-0.25, -0.2) is 0 Å². The van der Waals surface area contributed by atoms with Crippen molar-refractivity contribution >= 4 is 0 Å². The summed E-state index contributed by atoms with van der Waals surface area (Å²) in [6.45, 7) is 4.13. The zero-order chi connectivity index (χ0) is 12.3. The lowest BCUT2D eigenvalue weighted by molar-refractivity contribution is 0.482. The van der Waals surface area contributed by atoms with Gasteiger partial charge in [-0.05, 0) is 61.4 Å². The van der Waals surface area contributed by atoms with Gasteiger partial charge in [0, 0.05) is 0 Å². The van der Waals surface area contributed by atoms with Crippen LogP contribution in [0.4, 0.5) is 0 Å². The van der Waals surface area contributed by atoms with Crippen LogP contribution in [0.3, 0.4) is 0 Å². The minimum atomic E-state index is 0.637. The monoisotopic (exact) mass is 223 g/mol. The van der Waals surface area contributed by atoms with Gasteiger partial charge in [-0.15, -0.1) is 0 Å². The summed E-state index contributed by atoms with van der Waals surface area (Å²) >= 11 is 0. The Morgan fingerprint density at radius 3 is 2.12 bits per heavy atom. The Hall–Kier alpha value is -2.27. The molecule has 2 aromatic carbocycles. The molecule has 0 fully saturated rings. The van der Waals surface area contributed by atoms with Crippen LogP contribution >= 0.6 is 0 Å². The fourth-order valence-electron chi connectivity index (χ4n) is 1.51. The van der Waals surface area contributed by atoms with E-state index in [1.165, 1.54) is 11.1 Å². The second kappa shape index (κ2) is 4.71. The number of hydrogen-bond acceptors (Lipinski definition) is 2. The van der Waals surface area contributed by atoms with E-state index in [0.717, 1.165) is 11.5 Å². The highest BCUT2D eigenvalue weighted by Gasteiger charge is 1.99. The maximum Gasteiger partial charge on any atom is 0.127 e. The summed E-state index contributed by atoms with van der Waals surface area (Å²) in [7, 11) is 0. The molecular weight excluding hydrogens is 210 g/mol. The average molecular weight is 223 g/mol. The third kappa shape index (κ3) is 2.64. The van der Waals surface area contributed by atoms with E-state index in [2.05, 4.69) is 19.9 Å². The van der Waals surface area contributed by atoms with E-state index >= 15 is 0 Å². The average Bonchev–Trinajstić information content (AvgIpc) is 2.35. The molecule has 17 heavy (non-hydrogen) atoms. The molecule has 0 aromatic heterocycles. The highest BCUT2D eigenvalue weighted by Crippen LogP contribution is 2.23. The van der Waals surface area contributed by atoms with Gasteiger partial charge in [0.1, 0.15) is 11.5 Å². The topological polar surface area (TPSA) is 33.0 Å². The van der Waals surface area contributed by atoms with Gasteiger partial charge in [-0.1, -0.05) is 6.07 Å². The summed E-state index contributed by atoms with van der Waals surface area (Å²) < 4.78 is 5.70. The lowest BCUT2D eigenvalue weighted by atomic mass is 10.1. The van der Waals surface area contributed by atoms with E-state index in [4.69, 9.17) is 10.00 Å². The lowest BCUT2D eigenvalue weighted by Gasteiger charge is -2.07. The normalized spacial score (nSPS) is 9.71. The zero-order valence-corrected chi connectivity index (χ0v) is 9.90. The summed E-state index contributed by atoms with van der Waals surface area (Å²) in [4.78, 5) is 0. The molecule has 2 nitrogen and oxygen atoms in total. The third-order valence-corrected chi connectivity index (χ3v) is 2.70. The maximum atomic E-state index is 8.69. The molecule has 0 aliphatic heterocycles. The van der Waals surface area contributed by atoms with Crippen LogP contribution in [-0.4, -0.2) is 0 Å². The second-order valence-corrected chi connectivity index (χ2v) is 3.98. The Morgan fingerprint density at radius 1 is 0.882 bits per heavy atom. The van der Waals surface area contributed by atoms with E-state index in [0.29, 0.717) is 5.56 Å². The summed E-state index contributed by atoms with van der Waals surface area (Å²) in [6, 6.07) is 15.2. The molecule has 0 saturated carbocycles. The van der Waals surface area contributed by atoms with Crippen LogP contribution in [0.15, 0.2) is 42.5 Å². The highest BCUT2D eigenvalue weighted by atomic mass is 16.5. The third-order valence-electron chi connectivity index (χ3n) is 2.70. The molecule has 2 heteroatoms. The van der Waals surface area contributed by atoms with Crippen molar-refractivity contribution in [2.45, 2.75) is 13.8 Å². The molecule has 0 heterocycles. The molecule has 0 saturated heterocycles. The van der Waals surface area contributed by atoms with Crippen molar-refractivity contribution in [3.63, 3.8) is 0 Å². The number of benzene rings is 2.